The van der Waals surface area contributed by atoms with Crippen LogP contribution in [0.4, 0.5) is 10.6 Å². The van der Waals surface area contributed by atoms with E-state index < -0.39 is 16.1 Å². The molecule has 0 aliphatic carbocycles. The highest BCUT2D eigenvalue weighted by atomic mass is 35.5. The molecule has 0 aliphatic heterocycles. The third-order valence-corrected chi connectivity index (χ3v) is 7.57. The van der Waals surface area contributed by atoms with Crippen molar-refractivity contribution in [1.82, 2.24) is 29.6 Å². The van der Waals surface area contributed by atoms with Gasteiger partial charge >= 0.3 is 6.09 Å². The summed E-state index contributed by atoms with van der Waals surface area (Å²) in [7, 11) is -3.69. The molecule has 0 saturated heterocycles. The van der Waals surface area contributed by atoms with Crippen molar-refractivity contribution >= 4 is 50.8 Å². The van der Waals surface area contributed by atoms with Gasteiger partial charge in [0.1, 0.15) is 5.52 Å². The normalized spacial score (nSPS) is 11.8. The zero-order valence-electron chi connectivity index (χ0n) is 21.9. The minimum Gasteiger partial charge on any atom is -0.450 e. The number of ether oxygens (including phenoxy) is 1. The number of anilines is 1. The lowest BCUT2D eigenvalue weighted by molar-refractivity contribution is 0.143. The summed E-state index contributed by atoms with van der Waals surface area (Å²) in [5.74, 6) is 0.857. The van der Waals surface area contributed by atoms with Crippen molar-refractivity contribution < 1.29 is 17.9 Å². The van der Waals surface area contributed by atoms with Gasteiger partial charge in [-0.15, -0.1) is 0 Å². The lowest BCUT2D eigenvalue weighted by atomic mass is 10.2. The molecule has 13 heteroatoms. The molecule has 40 heavy (non-hydrogen) atoms. The van der Waals surface area contributed by atoms with Gasteiger partial charge in [0.15, 0.2) is 17.3 Å². The Morgan fingerprint density at radius 3 is 2.48 bits per heavy atom. The molecule has 0 atom stereocenters. The number of sulfonamides is 1. The van der Waals surface area contributed by atoms with Crippen molar-refractivity contribution in [2.45, 2.75) is 44.3 Å². The first-order chi connectivity index (χ1) is 19.2. The van der Waals surface area contributed by atoms with Crippen molar-refractivity contribution in [2.75, 3.05) is 12.3 Å². The number of aromatic nitrogens is 4. The van der Waals surface area contributed by atoms with Gasteiger partial charge in [-0.25, -0.2) is 32.9 Å². The Labute approximate surface area is 237 Å². The number of nitrogens with zero attached hydrogens (tertiary/aromatic N) is 4. The smallest absolute Gasteiger partial charge is 0.407 e. The number of rotatable bonds is 12. The maximum absolute atomic E-state index is 12.6. The zero-order valence-corrected chi connectivity index (χ0v) is 23.5. The van der Waals surface area contributed by atoms with E-state index in [-0.39, 0.29) is 24.6 Å². The molecule has 2 aromatic heterocycles. The van der Waals surface area contributed by atoms with E-state index in [1.165, 1.54) is 12.1 Å². The molecular formula is C27H30ClN7O4S. The molecule has 0 fully saturated rings. The Balaban J connectivity index is 1.17. The van der Waals surface area contributed by atoms with Gasteiger partial charge in [0.25, 0.3) is 0 Å². The van der Waals surface area contributed by atoms with E-state index >= 15 is 0 Å². The van der Waals surface area contributed by atoms with Crippen molar-refractivity contribution in [2.24, 2.45) is 0 Å². The number of halogens is 1. The van der Waals surface area contributed by atoms with Crippen LogP contribution in [0.1, 0.15) is 36.7 Å². The SMILES string of the molecule is C/C=C\c1nc(N)c2ncn(CCCCOC(=O)NCc3ccc(S(=O)(=O)NCc4ccc(Cl)cc4)cc3)c2n1. The number of carbonyl (C=O) groups excluding carboxylic acids is 1. The number of nitrogen functional groups attached to an aromatic ring is 1. The van der Waals surface area contributed by atoms with Crippen LogP contribution in [0.25, 0.3) is 17.2 Å². The van der Waals surface area contributed by atoms with Crippen molar-refractivity contribution in [3.8, 4) is 0 Å². The number of benzene rings is 2. The van der Waals surface area contributed by atoms with E-state index in [2.05, 4.69) is 25.0 Å². The third kappa shape index (κ3) is 7.78. The number of aryl methyl sites for hydroxylation is 1. The predicted molar refractivity (Wildman–Crippen MR) is 154 cm³/mol. The summed E-state index contributed by atoms with van der Waals surface area (Å²) in [6, 6.07) is 13.2. The van der Waals surface area contributed by atoms with Crippen LogP contribution in [0.2, 0.25) is 5.02 Å². The molecule has 210 valence electrons. The molecule has 4 aromatic rings. The molecule has 11 nitrogen and oxygen atoms in total. The average molecular weight is 584 g/mol. The molecule has 4 N–H and O–H groups in total. The van der Waals surface area contributed by atoms with Crippen LogP contribution in [0.15, 0.2) is 65.8 Å². The highest BCUT2D eigenvalue weighted by Gasteiger charge is 2.14. The number of nitrogens with one attached hydrogen (secondary N) is 2. The van der Waals surface area contributed by atoms with Crippen LogP contribution < -0.4 is 15.8 Å². The Kier molecular flexibility index (Phi) is 9.70. The summed E-state index contributed by atoms with van der Waals surface area (Å²) in [5, 5.41) is 3.26. The second-order valence-corrected chi connectivity index (χ2v) is 11.1. The van der Waals surface area contributed by atoms with Gasteiger partial charge in [-0.1, -0.05) is 41.9 Å². The number of amides is 1. The summed E-state index contributed by atoms with van der Waals surface area (Å²) >= 11 is 5.86. The first kappa shape index (κ1) is 29.0. The molecule has 0 aliphatic rings. The fraction of sp³-hybridized carbons (Fsp3) is 0.259. The standard InChI is InChI=1S/C27H30ClN7O4S/c1-2-5-23-33-25(29)24-26(34-23)35(18-31-24)14-3-4-15-39-27(36)30-16-19-8-12-22(13-9-19)40(37,38)32-17-20-6-10-21(28)11-7-20/h2,5-13,18,32H,3-4,14-17H2,1H3,(H,30,36)(H2,29,33,34)/b5-2-. The zero-order chi connectivity index (χ0) is 28.5. The van der Waals surface area contributed by atoms with Gasteiger partial charge in [0, 0.05) is 24.7 Å². The summed E-state index contributed by atoms with van der Waals surface area (Å²) in [6.07, 6.45) is 6.12. The topological polar surface area (TPSA) is 154 Å². The molecule has 0 unspecified atom stereocenters. The number of carbonyl (C=O) groups is 1. The van der Waals surface area contributed by atoms with E-state index in [4.69, 9.17) is 22.1 Å². The Morgan fingerprint density at radius 2 is 1.75 bits per heavy atom. The highest BCUT2D eigenvalue weighted by Crippen LogP contribution is 2.17. The summed E-state index contributed by atoms with van der Waals surface area (Å²) in [6.45, 7) is 3.11. The molecule has 0 bridgehead atoms. The maximum atomic E-state index is 12.6. The van der Waals surface area contributed by atoms with E-state index in [9.17, 15) is 13.2 Å². The molecule has 0 radical (unpaired) electrons. The number of imidazole rings is 1. The minimum atomic E-state index is -3.69. The second-order valence-electron chi connectivity index (χ2n) is 8.87. The third-order valence-electron chi connectivity index (χ3n) is 5.90. The molecule has 4 rings (SSSR count). The van der Waals surface area contributed by atoms with Crippen LogP contribution in [0, 0.1) is 0 Å². The van der Waals surface area contributed by atoms with Crippen LogP contribution >= 0.6 is 11.6 Å². The number of alkyl carbamates (subject to hydrolysis) is 1. The minimum absolute atomic E-state index is 0.130. The monoisotopic (exact) mass is 583 g/mol. The summed E-state index contributed by atoms with van der Waals surface area (Å²) in [4.78, 5) is 25.2. The number of unbranched alkanes of at least 4 members (excludes halogenated alkanes) is 1. The number of fused-ring (bicyclic) bond motifs is 1. The van der Waals surface area contributed by atoms with E-state index in [0.29, 0.717) is 40.8 Å². The number of hydrogen-bond acceptors (Lipinski definition) is 8. The van der Waals surface area contributed by atoms with E-state index in [1.807, 2.05) is 17.6 Å². The Morgan fingerprint density at radius 1 is 1.05 bits per heavy atom. The molecule has 2 aromatic carbocycles. The van der Waals surface area contributed by atoms with Gasteiger partial charge in [-0.3, -0.25) is 0 Å². The van der Waals surface area contributed by atoms with Crippen LogP contribution in [-0.2, 0) is 34.4 Å². The molecule has 2 heterocycles. The van der Waals surface area contributed by atoms with E-state index in [1.54, 1.807) is 48.8 Å². The van der Waals surface area contributed by atoms with Crippen molar-refractivity contribution in [3.63, 3.8) is 0 Å². The van der Waals surface area contributed by atoms with Gasteiger partial charge in [-0.05, 0) is 61.2 Å². The Hall–Kier alpha value is -4.00. The van der Waals surface area contributed by atoms with Crippen LogP contribution in [-0.4, -0.2) is 40.6 Å². The van der Waals surface area contributed by atoms with Gasteiger partial charge in [0.2, 0.25) is 10.0 Å². The average Bonchev–Trinajstić information content (AvgIpc) is 3.35. The number of hydrogen-bond donors (Lipinski definition) is 3. The highest BCUT2D eigenvalue weighted by molar-refractivity contribution is 7.89. The summed E-state index contributed by atoms with van der Waals surface area (Å²) < 4.78 is 34.9. The number of allylic oxidation sites excluding steroid dienone is 1. The Bertz CT molecular complexity index is 1590. The summed E-state index contributed by atoms with van der Waals surface area (Å²) in [5.41, 5.74) is 8.73. The maximum Gasteiger partial charge on any atom is 0.407 e. The quantitative estimate of drug-likeness (QED) is 0.209. The van der Waals surface area contributed by atoms with E-state index in [0.717, 1.165) is 17.5 Å². The largest absolute Gasteiger partial charge is 0.450 e. The van der Waals surface area contributed by atoms with Crippen molar-refractivity contribution in [1.29, 1.82) is 0 Å². The predicted octanol–water partition coefficient (Wildman–Crippen LogP) is 4.28. The lowest BCUT2D eigenvalue weighted by Crippen LogP contribution is -2.25. The number of nitrogens with two attached hydrogens (primary N) is 1. The van der Waals surface area contributed by atoms with Crippen LogP contribution in [0.3, 0.4) is 0 Å². The van der Waals surface area contributed by atoms with Crippen molar-refractivity contribution in [3.05, 3.63) is 82.9 Å². The second kappa shape index (κ2) is 13.4. The first-order valence-electron chi connectivity index (χ1n) is 12.6. The molecule has 0 saturated carbocycles. The molecular weight excluding hydrogens is 554 g/mol. The fourth-order valence-corrected chi connectivity index (χ4v) is 4.94. The van der Waals surface area contributed by atoms with Gasteiger partial charge in [0.05, 0.1) is 17.8 Å². The molecule has 1 amide bonds. The first-order valence-corrected chi connectivity index (χ1v) is 14.5. The van der Waals surface area contributed by atoms with Gasteiger partial charge < -0.3 is 20.4 Å². The molecule has 0 spiro atoms. The van der Waals surface area contributed by atoms with Crippen LogP contribution in [0.5, 0.6) is 0 Å². The fourth-order valence-electron chi connectivity index (χ4n) is 3.80. The van der Waals surface area contributed by atoms with Gasteiger partial charge in [-0.2, -0.15) is 0 Å². The lowest BCUT2D eigenvalue weighted by Gasteiger charge is -2.09.